The van der Waals surface area contributed by atoms with Gasteiger partial charge in [-0.3, -0.25) is 14.5 Å². The first-order chi connectivity index (χ1) is 12.5. The average Bonchev–Trinajstić information content (AvgIpc) is 3.35. The van der Waals surface area contributed by atoms with Gasteiger partial charge in [0.05, 0.1) is 17.4 Å². The molecule has 1 amide bonds. The summed E-state index contributed by atoms with van der Waals surface area (Å²) in [6.07, 6.45) is 5.51. The van der Waals surface area contributed by atoms with Crippen LogP contribution in [0.3, 0.4) is 0 Å². The van der Waals surface area contributed by atoms with E-state index in [2.05, 4.69) is 15.2 Å². The summed E-state index contributed by atoms with van der Waals surface area (Å²) >= 11 is 0. The van der Waals surface area contributed by atoms with E-state index in [0.717, 1.165) is 47.7 Å². The summed E-state index contributed by atoms with van der Waals surface area (Å²) in [5.41, 5.74) is 4.20. The van der Waals surface area contributed by atoms with Gasteiger partial charge in [-0.1, -0.05) is 11.2 Å². The molecule has 3 aromatic heterocycles. The van der Waals surface area contributed by atoms with E-state index in [4.69, 9.17) is 4.52 Å². The fourth-order valence-corrected chi connectivity index (χ4v) is 3.64. The van der Waals surface area contributed by atoms with Crippen LogP contribution in [0.15, 0.2) is 35.1 Å². The summed E-state index contributed by atoms with van der Waals surface area (Å²) < 4.78 is 6.89. The van der Waals surface area contributed by atoms with E-state index < -0.39 is 0 Å². The molecule has 0 bridgehead atoms. The van der Waals surface area contributed by atoms with Gasteiger partial charge in [-0.2, -0.15) is 5.10 Å². The first kappa shape index (κ1) is 16.5. The maximum Gasteiger partial charge on any atom is 0.274 e. The zero-order valence-corrected chi connectivity index (χ0v) is 15.1. The standard InChI is InChI=1S/C19H21N5O2/c1-12-18(13(2)26-22-12)14-6-7-15(20-11-14)17-5-4-9-24(17)19(25)16-8-10-23(3)21-16/h6-8,10-11,17H,4-5,9H2,1-3H3/t17-/m1/s1. The molecule has 0 spiro atoms. The lowest BCUT2D eigenvalue weighted by Gasteiger charge is -2.23. The number of aryl methyl sites for hydroxylation is 3. The quantitative estimate of drug-likeness (QED) is 0.725. The van der Waals surface area contributed by atoms with Crippen LogP contribution in [0.2, 0.25) is 0 Å². The number of aromatic nitrogens is 4. The number of rotatable bonds is 3. The van der Waals surface area contributed by atoms with Crippen molar-refractivity contribution in [2.75, 3.05) is 6.54 Å². The summed E-state index contributed by atoms with van der Waals surface area (Å²) in [6.45, 7) is 4.55. The van der Waals surface area contributed by atoms with Crippen molar-refractivity contribution in [1.29, 1.82) is 0 Å². The smallest absolute Gasteiger partial charge is 0.274 e. The fourth-order valence-electron chi connectivity index (χ4n) is 3.64. The third-order valence-electron chi connectivity index (χ3n) is 4.90. The first-order valence-electron chi connectivity index (χ1n) is 8.74. The van der Waals surface area contributed by atoms with Gasteiger partial charge in [0.25, 0.3) is 5.91 Å². The molecule has 0 aromatic carbocycles. The van der Waals surface area contributed by atoms with Crippen LogP contribution in [-0.2, 0) is 7.05 Å². The molecule has 1 aliphatic rings. The van der Waals surface area contributed by atoms with Crippen molar-refractivity contribution < 1.29 is 9.32 Å². The van der Waals surface area contributed by atoms with Crippen LogP contribution in [0.5, 0.6) is 0 Å². The van der Waals surface area contributed by atoms with Crippen molar-refractivity contribution in [3.05, 3.63) is 53.4 Å². The minimum atomic E-state index is -0.0373. The minimum absolute atomic E-state index is 0.0109. The monoisotopic (exact) mass is 351 g/mol. The van der Waals surface area contributed by atoms with E-state index in [0.29, 0.717) is 5.69 Å². The number of carbonyl (C=O) groups is 1. The molecule has 1 atom stereocenters. The Morgan fingerprint density at radius 3 is 2.73 bits per heavy atom. The van der Waals surface area contributed by atoms with Crippen molar-refractivity contribution in [3.8, 4) is 11.1 Å². The van der Waals surface area contributed by atoms with Crippen LogP contribution in [0.25, 0.3) is 11.1 Å². The maximum absolute atomic E-state index is 12.8. The van der Waals surface area contributed by atoms with Crippen LogP contribution < -0.4 is 0 Å². The number of nitrogens with zero attached hydrogens (tertiary/aromatic N) is 5. The van der Waals surface area contributed by atoms with Gasteiger partial charge in [0.15, 0.2) is 0 Å². The molecule has 3 aromatic rings. The second-order valence-electron chi connectivity index (χ2n) is 6.70. The number of hydrogen-bond acceptors (Lipinski definition) is 5. The van der Waals surface area contributed by atoms with Crippen LogP contribution in [-0.4, -0.2) is 37.3 Å². The summed E-state index contributed by atoms with van der Waals surface area (Å²) in [4.78, 5) is 19.3. The van der Waals surface area contributed by atoms with E-state index in [1.165, 1.54) is 0 Å². The average molecular weight is 351 g/mol. The zero-order valence-electron chi connectivity index (χ0n) is 15.1. The maximum atomic E-state index is 12.8. The molecular weight excluding hydrogens is 330 g/mol. The van der Waals surface area contributed by atoms with Crippen molar-refractivity contribution in [1.82, 2.24) is 24.8 Å². The lowest BCUT2D eigenvalue weighted by molar-refractivity contribution is 0.0726. The second-order valence-corrected chi connectivity index (χ2v) is 6.70. The Morgan fingerprint density at radius 1 is 1.27 bits per heavy atom. The highest BCUT2D eigenvalue weighted by Crippen LogP contribution is 2.33. The number of hydrogen-bond donors (Lipinski definition) is 0. The molecule has 1 fully saturated rings. The van der Waals surface area contributed by atoms with Gasteiger partial charge in [0, 0.05) is 37.1 Å². The Hall–Kier alpha value is -2.96. The molecule has 1 aliphatic heterocycles. The molecule has 26 heavy (non-hydrogen) atoms. The first-order valence-corrected chi connectivity index (χ1v) is 8.74. The number of carbonyl (C=O) groups excluding carboxylic acids is 1. The van der Waals surface area contributed by atoms with Gasteiger partial charge in [0.1, 0.15) is 11.5 Å². The normalized spacial score (nSPS) is 17.0. The van der Waals surface area contributed by atoms with E-state index in [1.807, 2.05) is 44.1 Å². The highest BCUT2D eigenvalue weighted by atomic mass is 16.5. The van der Waals surface area contributed by atoms with Crippen LogP contribution in [0, 0.1) is 13.8 Å². The Morgan fingerprint density at radius 2 is 2.12 bits per heavy atom. The Labute approximate surface area is 151 Å². The highest BCUT2D eigenvalue weighted by molar-refractivity contribution is 5.92. The lowest BCUT2D eigenvalue weighted by atomic mass is 10.0. The highest BCUT2D eigenvalue weighted by Gasteiger charge is 2.32. The van der Waals surface area contributed by atoms with E-state index in [1.54, 1.807) is 16.9 Å². The topological polar surface area (TPSA) is 77.0 Å². The van der Waals surface area contributed by atoms with Gasteiger partial charge in [0.2, 0.25) is 0 Å². The summed E-state index contributed by atoms with van der Waals surface area (Å²) in [6, 6.07) is 5.77. The molecule has 0 radical (unpaired) electrons. The van der Waals surface area contributed by atoms with Crippen molar-refractivity contribution in [2.45, 2.75) is 32.7 Å². The van der Waals surface area contributed by atoms with Crippen molar-refractivity contribution >= 4 is 5.91 Å². The zero-order chi connectivity index (χ0) is 18.3. The lowest BCUT2D eigenvalue weighted by Crippen LogP contribution is -2.31. The third-order valence-corrected chi connectivity index (χ3v) is 4.90. The molecule has 4 heterocycles. The predicted octanol–water partition coefficient (Wildman–Crippen LogP) is 3.06. The van der Waals surface area contributed by atoms with Crippen molar-refractivity contribution in [3.63, 3.8) is 0 Å². The van der Waals surface area contributed by atoms with E-state index >= 15 is 0 Å². The Kier molecular flexibility index (Phi) is 4.06. The Balaban J connectivity index is 1.59. The Bertz CT molecular complexity index is 922. The minimum Gasteiger partial charge on any atom is -0.361 e. The number of likely N-dealkylation sites (tertiary alicyclic amines) is 1. The van der Waals surface area contributed by atoms with Crippen LogP contribution in [0.4, 0.5) is 0 Å². The van der Waals surface area contributed by atoms with E-state index in [9.17, 15) is 4.79 Å². The summed E-state index contributed by atoms with van der Waals surface area (Å²) in [7, 11) is 1.81. The molecule has 7 heteroatoms. The fraction of sp³-hybridized carbons (Fsp3) is 0.368. The van der Waals surface area contributed by atoms with Gasteiger partial charge in [-0.05, 0) is 38.8 Å². The molecule has 1 saturated heterocycles. The van der Waals surface area contributed by atoms with Gasteiger partial charge in [-0.15, -0.1) is 0 Å². The summed E-state index contributed by atoms with van der Waals surface area (Å²) in [5.74, 6) is 0.745. The molecule has 134 valence electrons. The van der Waals surface area contributed by atoms with Gasteiger partial charge < -0.3 is 9.42 Å². The predicted molar refractivity (Wildman–Crippen MR) is 95.4 cm³/mol. The molecule has 7 nitrogen and oxygen atoms in total. The molecule has 0 N–H and O–H groups in total. The SMILES string of the molecule is Cc1noc(C)c1-c1ccc([C@H]2CCCN2C(=O)c2ccn(C)n2)nc1. The number of amides is 1. The van der Waals surface area contributed by atoms with Gasteiger partial charge >= 0.3 is 0 Å². The second kappa shape index (κ2) is 6.40. The third kappa shape index (κ3) is 2.79. The number of pyridine rings is 1. The molecule has 0 unspecified atom stereocenters. The van der Waals surface area contributed by atoms with Crippen LogP contribution >= 0.6 is 0 Å². The molecular formula is C19H21N5O2. The van der Waals surface area contributed by atoms with E-state index in [-0.39, 0.29) is 11.9 Å². The van der Waals surface area contributed by atoms with Crippen molar-refractivity contribution in [2.24, 2.45) is 7.05 Å². The van der Waals surface area contributed by atoms with Crippen LogP contribution in [0.1, 0.15) is 46.5 Å². The largest absolute Gasteiger partial charge is 0.361 e. The molecule has 0 aliphatic carbocycles. The molecule has 4 rings (SSSR count). The molecule has 0 saturated carbocycles. The van der Waals surface area contributed by atoms with Gasteiger partial charge in [-0.25, -0.2) is 0 Å². The summed E-state index contributed by atoms with van der Waals surface area (Å²) in [5, 5.41) is 8.24.